The van der Waals surface area contributed by atoms with Crippen LogP contribution < -0.4 is 0 Å². The van der Waals surface area contributed by atoms with Crippen LogP contribution in [-0.2, 0) is 6.54 Å². The third-order valence-corrected chi connectivity index (χ3v) is 12.8. The highest BCUT2D eigenvalue weighted by atomic mass is 15.1. The van der Waals surface area contributed by atoms with Gasteiger partial charge in [-0.1, -0.05) is 194 Å². The van der Waals surface area contributed by atoms with Gasteiger partial charge in [-0.2, -0.15) is 0 Å². The van der Waals surface area contributed by atoms with Gasteiger partial charge in [0.05, 0.1) is 11.0 Å². The summed E-state index contributed by atoms with van der Waals surface area (Å²) in [4.78, 5) is 5.78. The van der Waals surface area contributed by atoms with Crippen LogP contribution in [-0.4, -0.2) is 21.5 Å². The van der Waals surface area contributed by atoms with E-state index in [4.69, 9.17) is 0 Å². The topological polar surface area (TPSA) is 24.0 Å². The van der Waals surface area contributed by atoms with E-state index in [-0.39, 0.29) is 0 Å². The molecule has 316 valence electrons. The molecule has 0 saturated carbocycles. The first-order valence-corrected chi connectivity index (χ1v) is 22.9. The molecule has 0 saturated heterocycles. The van der Waals surface area contributed by atoms with Gasteiger partial charge >= 0.3 is 0 Å². The third kappa shape index (κ3) is 8.62. The Balaban J connectivity index is 0.000000325. The fraction of sp³-hybridized carbons (Fsp3) is 0.0968. The van der Waals surface area contributed by atoms with Gasteiger partial charge in [-0.3, -0.25) is 0 Å². The van der Waals surface area contributed by atoms with E-state index in [1.807, 2.05) is 0 Å². The number of benzene rings is 9. The van der Waals surface area contributed by atoms with Crippen LogP contribution in [0.25, 0.3) is 82.5 Å². The number of rotatable bonds is 11. The molecule has 0 aliphatic heterocycles. The molecule has 0 radical (unpaired) electrons. The average molecular weight is 840 g/mol. The van der Waals surface area contributed by atoms with Gasteiger partial charge in [0.2, 0.25) is 0 Å². The summed E-state index contributed by atoms with van der Waals surface area (Å²) >= 11 is 0. The van der Waals surface area contributed by atoms with Crippen LogP contribution in [0.3, 0.4) is 0 Å². The molecule has 0 aliphatic rings. The van der Waals surface area contributed by atoms with Crippen molar-refractivity contribution in [2.45, 2.75) is 32.7 Å². The molecule has 0 spiro atoms. The molecule has 0 bridgehead atoms. The molecule has 9 aromatic carbocycles. The van der Waals surface area contributed by atoms with Gasteiger partial charge in [0.1, 0.15) is 0 Å². The number of aromatic amines is 1. The van der Waals surface area contributed by atoms with Crippen LogP contribution in [0.2, 0.25) is 0 Å². The van der Waals surface area contributed by atoms with Gasteiger partial charge in [0.25, 0.3) is 0 Å². The Morgan fingerprint density at radius 1 is 0.508 bits per heavy atom. The second-order valence-corrected chi connectivity index (χ2v) is 16.9. The van der Waals surface area contributed by atoms with E-state index in [0.29, 0.717) is 0 Å². The van der Waals surface area contributed by atoms with Crippen molar-refractivity contribution in [3.05, 3.63) is 247 Å². The maximum Gasteiger partial charge on any atom is 0.0541 e. The van der Waals surface area contributed by atoms with Crippen LogP contribution in [0.4, 0.5) is 0 Å². The number of H-pyrrole nitrogens is 1. The highest BCUT2D eigenvalue weighted by Crippen LogP contribution is 2.34. The van der Waals surface area contributed by atoms with E-state index in [0.717, 1.165) is 25.8 Å². The molecule has 3 nitrogen and oxygen atoms in total. The van der Waals surface area contributed by atoms with Crippen molar-refractivity contribution in [1.82, 2.24) is 14.5 Å². The Hall–Kier alpha value is -7.88. The number of unbranched alkanes of at least 4 members (excludes halogenated alkanes) is 1. The summed E-state index contributed by atoms with van der Waals surface area (Å²) in [6.07, 6.45) is 7.84. The molecule has 0 fully saturated rings. The molecular weight excluding hydrogens is 787 g/mol. The minimum absolute atomic E-state index is 0.857. The van der Waals surface area contributed by atoms with E-state index in [1.165, 1.54) is 99.2 Å². The summed E-state index contributed by atoms with van der Waals surface area (Å²) in [5.74, 6) is 0. The summed E-state index contributed by atoms with van der Waals surface area (Å²) in [6, 6.07) is 78.4. The fourth-order valence-electron chi connectivity index (χ4n) is 9.56. The first kappa shape index (κ1) is 41.1. The smallest absolute Gasteiger partial charge is 0.0541 e. The van der Waals surface area contributed by atoms with Crippen molar-refractivity contribution in [3.8, 4) is 16.8 Å². The van der Waals surface area contributed by atoms with Gasteiger partial charge in [-0.05, 0) is 107 Å². The molecule has 2 heterocycles. The van der Waals surface area contributed by atoms with Crippen molar-refractivity contribution >= 4 is 65.7 Å². The zero-order chi connectivity index (χ0) is 44.0. The lowest BCUT2D eigenvalue weighted by Crippen LogP contribution is -2.16. The first-order valence-electron chi connectivity index (χ1n) is 22.9. The quantitative estimate of drug-likeness (QED) is 0.129. The first-order chi connectivity index (χ1) is 32.1. The molecule has 0 amide bonds. The average Bonchev–Trinajstić information content (AvgIpc) is 3.92. The monoisotopic (exact) mass is 839 g/mol. The Morgan fingerprint density at radius 3 is 1.75 bits per heavy atom. The zero-order valence-corrected chi connectivity index (χ0v) is 37.2. The standard InChI is InChI=1S/C50H44N2.C12H9N/c1-3-37(17-8-12-28-48(41-19-5-4-6-20-41)51(2)36-43-23-15-21-40-18-7-9-25-45(40)43)38-31-33-39(34-32-38)42-22-16-24-44(35-42)52-49-29-13-10-26-46(49)47-27-11-14-30-50(47)52;1-3-7-11-9(5-1)10-6-2-4-8-12(10)13-11/h3-7,9-11,13-16,18-35H,8,12,17,36H2,1-2H3;1-8,13H/b37-3+,48-28-;. The number of nitrogens with one attached hydrogen (secondary N) is 1. The number of allylic oxidation sites excluding steroid dienone is 3. The molecule has 65 heavy (non-hydrogen) atoms. The van der Waals surface area contributed by atoms with Crippen molar-refractivity contribution in [2.75, 3.05) is 7.05 Å². The SMILES string of the molecule is C/C=C(\CCC/C=C(/c1ccccc1)N(C)Cc1cccc2ccccc12)c1ccc(-c2cccc(-n3c4ccccc4c4ccccc43)c2)cc1.c1ccc2c(c1)[nH]c1ccccc12. The predicted octanol–water partition coefficient (Wildman–Crippen LogP) is 16.7. The van der Waals surface area contributed by atoms with Crippen molar-refractivity contribution < 1.29 is 0 Å². The van der Waals surface area contributed by atoms with Gasteiger partial charge < -0.3 is 14.5 Å². The van der Waals surface area contributed by atoms with Crippen LogP contribution in [0.1, 0.15) is 42.9 Å². The van der Waals surface area contributed by atoms with Crippen molar-refractivity contribution in [1.29, 1.82) is 0 Å². The lowest BCUT2D eigenvalue weighted by molar-refractivity contribution is 0.475. The molecule has 3 heteroatoms. The normalized spacial score (nSPS) is 12.0. The molecular formula is C62H53N3. The van der Waals surface area contributed by atoms with E-state index >= 15 is 0 Å². The maximum absolute atomic E-state index is 3.38. The van der Waals surface area contributed by atoms with Crippen molar-refractivity contribution in [3.63, 3.8) is 0 Å². The van der Waals surface area contributed by atoms with Crippen LogP contribution in [0.15, 0.2) is 231 Å². The highest BCUT2D eigenvalue weighted by Gasteiger charge is 2.14. The Morgan fingerprint density at radius 2 is 1.08 bits per heavy atom. The molecule has 1 N–H and O–H groups in total. The van der Waals surface area contributed by atoms with E-state index in [2.05, 4.69) is 259 Å². The number of aromatic nitrogens is 2. The summed E-state index contributed by atoms with van der Waals surface area (Å²) in [6.45, 7) is 3.03. The fourth-order valence-corrected chi connectivity index (χ4v) is 9.56. The van der Waals surface area contributed by atoms with Crippen LogP contribution >= 0.6 is 0 Å². The number of nitrogens with zero attached hydrogens (tertiary/aromatic N) is 2. The molecule has 2 aromatic heterocycles. The Labute approximate surface area is 382 Å². The van der Waals surface area contributed by atoms with Gasteiger partial charge in [-0.25, -0.2) is 0 Å². The molecule has 0 atom stereocenters. The summed E-state index contributed by atoms with van der Waals surface area (Å²) in [7, 11) is 2.22. The summed E-state index contributed by atoms with van der Waals surface area (Å²) in [5, 5.41) is 7.79. The maximum atomic E-state index is 3.38. The summed E-state index contributed by atoms with van der Waals surface area (Å²) < 4.78 is 2.39. The minimum Gasteiger partial charge on any atom is -0.370 e. The second kappa shape index (κ2) is 18.8. The third-order valence-electron chi connectivity index (χ3n) is 12.8. The van der Waals surface area contributed by atoms with E-state index in [9.17, 15) is 0 Å². The number of para-hydroxylation sites is 4. The number of hydrogen-bond acceptors (Lipinski definition) is 1. The van der Waals surface area contributed by atoms with E-state index in [1.54, 1.807) is 0 Å². The second-order valence-electron chi connectivity index (χ2n) is 16.9. The molecule has 11 aromatic rings. The van der Waals surface area contributed by atoms with E-state index < -0.39 is 0 Å². The summed E-state index contributed by atoms with van der Waals surface area (Å²) in [5.41, 5.74) is 15.1. The minimum atomic E-state index is 0.857. The van der Waals surface area contributed by atoms with Gasteiger partial charge in [0, 0.05) is 57.6 Å². The van der Waals surface area contributed by atoms with Crippen LogP contribution in [0, 0.1) is 0 Å². The highest BCUT2D eigenvalue weighted by molar-refractivity contribution is 6.09. The number of hydrogen-bond donors (Lipinski definition) is 1. The number of fused-ring (bicyclic) bond motifs is 7. The Kier molecular flexibility index (Phi) is 11.9. The van der Waals surface area contributed by atoms with Gasteiger partial charge in [-0.15, -0.1) is 0 Å². The predicted molar refractivity (Wildman–Crippen MR) is 279 cm³/mol. The van der Waals surface area contributed by atoms with Gasteiger partial charge in [0.15, 0.2) is 0 Å². The molecule has 11 rings (SSSR count). The largest absolute Gasteiger partial charge is 0.370 e. The van der Waals surface area contributed by atoms with Crippen LogP contribution in [0.5, 0.6) is 0 Å². The lowest BCUT2D eigenvalue weighted by Gasteiger charge is -2.24. The Bertz CT molecular complexity index is 3350. The molecule has 0 aliphatic carbocycles. The van der Waals surface area contributed by atoms with Crippen molar-refractivity contribution in [2.24, 2.45) is 0 Å². The zero-order valence-electron chi connectivity index (χ0n) is 37.2. The molecule has 0 unspecified atom stereocenters. The lowest BCUT2D eigenvalue weighted by atomic mass is 9.96.